The largest absolute Gasteiger partial charge is 0.456 e. The molecule has 1 heterocycles. The summed E-state index contributed by atoms with van der Waals surface area (Å²) in [6.45, 7) is 0.634. The summed E-state index contributed by atoms with van der Waals surface area (Å²) in [4.78, 5) is 0. The fourth-order valence-electron chi connectivity index (χ4n) is 1.85. The lowest BCUT2D eigenvalue weighted by Gasteiger charge is -2.12. The highest BCUT2D eigenvalue weighted by atomic mass is 16.4. The van der Waals surface area contributed by atoms with Crippen LogP contribution >= 0.6 is 0 Å². The van der Waals surface area contributed by atoms with E-state index in [4.69, 9.17) is 10.0 Å². The molecule has 4 heteroatoms. The molecule has 1 aromatic carbocycles. The maximum Gasteiger partial charge on any atom is 0.456 e. The Kier molecular flexibility index (Phi) is 2.75. The van der Waals surface area contributed by atoms with Crippen LogP contribution < -0.4 is 5.32 Å². The Morgan fingerprint density at radius 1 is 1.29 bits per heavy atom. The second kappa shape index (κ2) is 4.03. The van der Waals surface area contributed by atoms with Gasteiger partial charge in [0.15, 0.2) is 0 Å². The van der Waals surface area contributed by atoms with Crippen molar-refractivity contribution in [2.45, 2.75) is 18.7 Å². The van der Waals surface area contributed by atoms with Gasteiger partial charge in [-0.2, -0.15) is 0 Å². The van der Waals surface area contributed by atoms with Crippen molar-refractivity contribution in [1.82, 2.24) is 0 Å². The van der Waals surface area contributed by atoms with Crippen molar-refractivity contribution >= 4 is 12.8 Å². The fourth-order valence-corrected chi connectivity index (χ4v) is 1.85. The molecule has 0 bridgehead atoms. The number of fused-ring (bicyclic) bond motifs is 1. The van der Waals surface area contributed by atoms with E-state index in [0.29, 0.717) is 6.54 Å². The number of hydrogen-bond acceptors (Lipinski definition) is 3. The van der Waals surface area contributed by atoms with E-state index in [0.717, 1.165) is 18.5 Å². The van der Waals surface area contributed by atoms with Gasteiger partial charge in [-0.3, -0.25) is 0 Å². The summed E-state index contributed by atoms with van der Waals surface area (Å²) in [6, 6.07) is 8.10. The van der Waals surface area contributed by atoms with E-state index in [9.17, 15) is 0 Å². The van der Waals surface area contributed by atoms with Crippen molar-refractivity contribution in [3.63, 3.8) is 0 Å². The number of anilines is 1. The van der Waals surface area contributed by atoms with Gasteiger partial charge in [0.25, 0.3) is 0 Å². The summed E-state index contributed by atoms with van der Waals surface area (Å²) in [6.07, 6.45) is 1.73. The van der Waals surface area contributed by atoms with E-state index >= 15 is 0 Å². The zero-order valence-electron chi connectivity index (χ0n) is 7.98. The molecule has 1 atom stereocenters. The molecule has 1 aliphatic heterocycles. The number of nitrogens with one attached hydrogen (secondary N) is 1. The van der Waals surface area contributed by atoms with E-state index < -0.39 is 7.12 Å². The first-order valence-corrected chi connectivity index (χ1v) is 4.95. The Hall–Kier alpha value is -0.995. The van der Waals surface area contributed by atoms with Gasteiger partial charge in [-0.25, -0.2) is 0 Å². The van der Waals surface area contributed by atoms with Crippen LogP contribution in [0.15, 0.2) is 24.3 Å². The average Bonchev–Trinajstić information content (AvgIpc) is 2.39. The van der Waals surface area contributed by atoms with Gasteiger partial charge in [0.1, 0.15) is 0 Å². The summed E-state index contributed by atoms with van der Waals surface area (Å²) in [7, 11) is -1.21. The van der Waals surface area contributed by atoms with Gasteiger partial charge < -0.3 is 15.4 Å². The minimum absolute atomic E-state index is 0.0672. The number of hydrogen-bond donors (Lipinski definition) is 3. The summed E-state index contributed by atoms with van der Waals surface area (Å²) in [5, 5.41) is 21.4. The molecule has 0 saturated carbocycles. The van der Waals surface area contributed by atoms with Gasteiger partial charge in [0, 0.05) is 18.0 Å². The number of aryl methyl sites for hydroxylation is 1. The van der Waals surface area contributed by atoms with E-state index in [-0.39, 0.29) is 5.82 Å². The Labute approximate surface area is 83.9 Å². The highest BCUT2D eigenvalue weighted by Gasteiger charge is 2.25. The van der Waals surface area contributed by atoms with E-state index in [1.807, 2.05) is 18.2 Å². The lowest BCUT2D eigenvalue weighted by Crippen LogP contribution is -2.25. The predicted octanol–water partition coefficient (Wildman–Crippen LogP) is 0.888. The number of para-hydroxylation sites is 1. The van der Waals surface area contributed by atoms with Gasteiger partial charge >= 0.3 is 7.12 Å². The molecular weight excluding hydrogens is 177 g/mol. The first-order valence-electron chi connectivity index (χ1n) is 4.95. The molecule has 2 rings (SSSR count). The zero-order valence-corrected chi connectivity index (χ0v) is 7.98. The van der Waals surface area contributed by atoms with Crippen molar-refractivity contribution in [3.05, 3.63) is 29.8 Å². The maximum atomic E-state index is 9.10. The van der Waals surface area contributed by atoms with Gasteiger partial charge in [-0.15, -0.1) is 0 Å². The molecule has 0 amide bonds. The second-order valence-electron chi connectivity index (χ2n) is 3.75. The van der Waals surface area contributed by atoms with Gasteiger partial charge in [0.05, 0.1) is 0 Å². The third kappa shape index (κ3) is 1.91. The van der Waals surface area contributed by atoms with Crippen LogP contribution in [-0.4, -0.2) is 23.7 Å². The van der Waals surface area contributed by atoms with Gasteiger partial charge in [-0.1, -0.05) is 18.2 Å². The molecule has 1 aromatic rings. The molecule has 3 nitrogen and oxygen atoms in total. The molecular formula is C10H14BNO2. The molecule has 1 aliphatic rings. The van der Waals surface area contributed by atoms with Gasteiger partial charge in [0.2, 0.25) is 0 Å². The summed E-state index contributed by atoms with van der Waals surface area (Å²) >= 11 is 0. The molecule has 14 heavy (non-hydrogen) atoms. The Morgan fingerprint density at radius 2 is 2.07 bits per heavy atom. The molecule has 0 fully saturated rings. The minimum Gasteiger partial charge on any atom is -0.427 e. The van der Waals surface area contributed by atoms with E-state index in [2.05, 4.69) is 11.4 Å². The topological polar surface area (TPSA) is 52.5 Å². The average molecular weight is 191 g/mol. The number of benzene rings is 1. The van der Waals surface area contributed by atoms with Crippen LogP contribution in [0.4, 0.5) is 5.69 Å². The van der Waals surface area contributed by atoms with E-state index in [1.54, 1.807) is 0 Å². The monoisotopic (exact) mass is 191 g/mol. The molecule has 0 radical (unpaired) electrons. The lowest BCUT2D eigenvalue weighted by atomic mass is 9.70. The fraction of sp³-hybridized carbons (Fsp3) is 0.400. The Morgan fingerprint density at radius 3 is 2.86 bits per heavy atom. The molecule has 3 N–H and O–H groups in total. The van der Waals surface area contributed by atoms with Crippen LogP contribution in [0.2, 0.25) is 5.82 Å². The minimum atomic E-state index is -1.21. The van der Waals surface area contributed by atoms with Crippen LogP contribution in [0.5, 0.6) is 0 Å². The van der Waals surface area contributed by atoms with Crippen LogP contribution in [0.25, 0.3) is 0 Å². The first kappa shape index (κ1) is 9.56. The molecule has 0 aromatic heterocycles. The zero-order chi connectivity index (χ0) is 9.97. The lowest BCUT2D eigenvalue weighted by molar-refractivity contribution is 0.382. The van der Waals surface area contributed by atoms with Crippen LogP contribution in [0.3, 0.4) is 0 Å². The quantitative estimate of drug-likeness (QED) is 0.577. The Balaban J connectivity index is 2.14. The Bertz CT molecular complexity index is 290. The normalized spacial score (nSPS) is 20.6. The van der Waals surface area contributed by atoms with Crippen LogP contribution in [-0.2, 0) is 6.42 Å². The third-order valence-electron chi connectivity index (χ3n) is 2.78. The highest BCUT2D eigenvalue weighted by Crippen LogP contribution is 2.26. The molecule has 0 aliphatic carbocycles. The SMILES string of the molecule is OB(O)C1CCc2ccccc2NC1. The molecule has 74 valence electrons. The maximum absolute atomic E-state index is 9.10. The smallest absolute Gasteiger partial charge is 0.427 e. The molecule has 1 unspecified atom stereocenters. The summed E-state index contributed by atoms with van der Waals surface area (Å²) < 4.78 is 0. The van der Waals surface area contributed by atoms with Crippen molar-refractivity contribution in [1.29, 1.82) is 0 Å². The summed E-state index contributed by atoms with van der Waals surface area (Å²) in [5.41, 5.74) is 2.38. The molecule has 0 saturated heterocycles. The predicted molar refractivity (Wildman–Crippen MR) is 57.2 cm³/mol. The second-order valence-corrected chi connectivity index (χ2v) is 3.75. The summed E-state index contributed by atoms with van der Waals surface area (Å²) in [5.74, 6) is -0.0672. The first-order chi connectivity index (χ1) is 6.77. The van der Waals surface area contributed by atoms with Crippen molar-refractivity contribution in [3.8, 4) is 0 Å². The van der Waals surface area contributed by atoms with E-state index in [1.165, 1.54) is 5.56 Å². The number of rotatable bonds is 1. The van der Waals surface area contributed by atoms with Crippen molar-refractivity contribution in [2.24, 2.45) is 0 Å². The van der Waals surface area contributed by atoms with Crippen LogP contribution in [0.1, 0.15) is 12.0 Å². The standard InChI is InChI=1S/C10H14BNO2/c13-11(14)9-6-5-8-3-1-2-4-10(8)12-7-9/h1-4,9,12-14H,5-7H2. The third-order valence-corrected chi connectivity index (χ3v) is 2.78. The van der Waals surface area contributed by atoms with Crippen LogP contribution in [0, 0.1) is 0 Å². The molecule has 0 spiro atoms. The van der Waals surface area contributed by atoms with Crippen molar-refractivity contribution < 1.29 is 10.0 Å². The highest BCUT2D eigenvalue weighted by molar-refractivity contribution is 6.43. The van der Waals surface area contributed by atoms with Crippen molar-refractivity contribution in [2.75, 3.05) is 11.9 Å². The van der Waals surface area contributed by atoms with Gasteiger partial charge in [-0.05, 0) is 24.5 Å².